The summed E-state index contributed by atoms with van der Waals surface area (Å²) in [6.45, 7) is 1.35. The summed E-state index contributed by atoms with van der Waals surface area (Å²) in [5, 5.41) is 4.23. The molecule has 0 radical (unpaired) electrons. The first kappa shape index (κ1) is 18.0. The van der Waals surface area contributed by atoms with E-state index < -0.39 is 5.91 Å². The van der Waals surface area contributed by atoms with Crippen molar-refractivity contribution in [2.75, 3.05) is 13.2 Å². The van der Waals surface area contributed by atoms with Crippen LogP contribution in [0.15, 0.2) is 42.7 Å². The molecule has 2 N–H and O–H groups in total. The molecule has 1 aromatic carbocycles. The predicted molar refractivity (Wildman–Crippen MR) is 96.7 cm³/mol. The molecule has 3 rings (SSSR count). The lowest BCUT2D eigenvalue weighted by Gasteiger charge is -2.36. The highest BCUT2D eigenvalue weighted by Crippen LogP contribution is 2.24. The second kappa shape index (κ2) is 8.51. The van der Waals surface area contributed by atoms with Crippen LogP contribution in [0.3, 0.4) is 0 Å². The van der Waals surface area contributed by atoms with Gasteiger partial charge < -0.3 is 15.4 Å². The molecule has 0 unspecified atom stereocenters. The molecule has 1 aliphatic rings. The minimum absolute atomic E-state index is 0.000287. The number of nitrogens with two attached hydrogens (primary N) is 1. The van der Waals surface area contributed by atoms with Crippen LogP contribution in [0.4, 0.5) is 0 Å². The molecule has 2 aromatic rings. The van der Waals surface area contributed by atoms with E-state index in [1.165, 1.54) is 0 Å². The second-order valence-electron chi connectivity index (χ2n) is 6.49. The van der Waals surface area contributed by atoms with Crippen LogP contribution >= 0.6 is 0 Å². The maximum atomic E-state index is 13.0. The van der Waals surface area contributed by atoms with Gasteiger partial charge in [-0.05, 0) is 49.9 Å². The van der Waals surface area contributed by atoms with Crippen molar-refractivity contribution >= 4 is 11.8 Å². The monoisotopic (exact) mass is 356 g/mol. The maximum Gasteiger partial charge on any atom is 0.255 e. The maximum absolute atomic E-state index is 13.0. The lowest BCUT2D eigenvalue weighted by Crippen LogP contribution is -2.44. The van der Waals surface area contributed by atoms with Gasteiger partial charge in [0.05, 0.1) is 0 Å². The number of rotatable bonds is 7. The van der Waals surface area contributed by atoms with Crippen LogP contribution in [-0.4, -0.2) is 45.7 Å². The number of ether oxygens (including phenoxy) is 1. The summed E-state index contributed by atoms with van der Waals surface area (Å²) in [5.41, 5.74) is 5.67. The molecule has 2 amide bonds. The van der Waals surface area contributed by atoms with Crippen LogP contribution in [0.1, 0.15) is 36.0 Å². The average molecular weight is 356 g/mol. The Bertz CT molecular complexity index is 745. The lowest BCUT2D eigenvalue weighted by molar-refractivity contribution is -0.119. The Labute approximate surface area is 152 Å². The minimum Gasteiger partial charge on any atom is -0.484 e. The van der Waals surface area contributed by atoms with Gasteiger partial charge in [-0.25, -0.2) is 0 Å². The Kier molecular flexibility index (Phi) is 5.88. The summed E-state index contributed by atoms with van der Waals surface area (Å²) >= 11 is 0. The summed E-state index contributed by atoms with van der Waals surface area (Å²) in [5.74, 6) is -0.0733. The summed E-state index contributed by atoms with van der Waals surface area (Å²) in [4.78, 5) is 25.8. The number of hydrogen-bond acceptors (Lipinski definition) is 4. The van der Waals surface area contributed by atoms with Crippen molar-refractivity contribution in [2.24, 2.45) is 5.73 Å². The third-order valence-corrected chi connectivity index (χ3v) is 4.60. The first-order valence-corrected chi connectivity index (χ1v) is 8.93. The van der Waals surface area contributed by atoms with Crippen molar-refractivity contribution in [3.63, 3.8) is 0 Å². The van der Waals surface area contributed by atoms with E-state index in [0.717, 1.165) is 38.8 Å². The van der Waals surface area contributed by atoms with Crippen LogP contribution in [0.25, 0.3) is 0 Å². The molecule has 1 aromatic heterocycles. The van der Waals surface area contributed by atoms with Gasteiger partial charge in [0, 0.05) is 37.1 Å². The number of amides is 2. The third kappa shape index (κ3) is 4.62. The molecular weight excluding hydrogens is 332 g/mol. The van der Waals surface area contributed by atoms with Crippen molar-refractivity contribution in [1.82, 2.24) is 14.7 Å². The fraction of sp³-hybridized carbons (Fsp3) is 0.421. The van der Waals surface area contributed by atoms with Gasteiger partial charge in [0.25, 0.3) is 11.8 Å². The van der Waals surface area contributed by atoms with Crippen LogP contribution < -0.4 is 10.5 Å². The zero-order chi connectivity index (χ0) is 18.4. The quantitative estimate of drug-likeness (QED) is 0.819. The summed E-state index contributed by atoms with van der Waals surface area (Å²) < 4.78 is 7.21. The second-order valence-corrected chi connectivity index (χ2v) is 6.49. The molecule has 1 saturated heterocycles. The molecule has 26 heavy (non-hydrogen) atoms. The number of aromatic nitrogens is 2. The summed E-state index contributed by atoms with van der Waals surface area (Å²) in [7, 11) is 0. The normalized spacial score (nSPS) is 17.1. The van der Waals surface area contributed by atoms with Crippen LogP contribution in [-0.2, 0) is 11.3 Å². The number of benzene rings is 1. The van der Waals surface area contributed by atoms with Crippen LogP contribution in [0.5, 0.6) is 5.75 Å². The van der Waals surface area contributed by atoms with Crippen LogP contribution in [0.2, 0.25) is 0 Å². The van der Waals surface area contributed by atoms with E-state index >= 15 is 0 Å². The highest BCUT2D eigenvalue weighted by Gasteiger charge is 2.27. The Morgan fingerprint density at radius 3 is 2.92 bits per heavy atom. The summed E-state index contributed by atoms with van der Waals surface area (Å²) in [6.07, 6.45) is 7.74. The number of carbonyl (C=O) groups is 2. The highest BCUT2D eigenvalue weighted by atomic mass is 16.5. The molecule has 7 nitrogen and oxygen atoms in total. The van der Waals surface area contributed by atoms with Crippen LogP contribution in [0, 0.1) is 0 Å². The first-order valence-electron chi connectivity index (χ1n) is 8.93. The van der Waals surface area contributed by atoms with Gasteiger partial charge in [-0.15, -0.1) is 0 Å². The standard InChI is InChI=1S/C19H24N4O3/c20-18(24)14-26-17-7-3-5-15(13-17)19(25)23-11-2-1-6-16(23)8-12-22-10-4-9-21-22/h3-5,7,9-10,13,16H,1-2,6,8,11-12,14H2,(H2,20,24)/t16-/m1/s1. The van der Waals surface area contributed by atoms with Crippen molar-refractivity contribution in [3.05, 3.63) is 48.3 Å². The Morgan fingerprint density at radius 2 is 2.15 bits per heavy atom. The molecular formula is C19H24N4O3. The molecule has 1 fully saturated rings. The van der Waals surface area contributed by atoms with Gasteiger partial charge in [0.15, 0.2) is 6.61 Å². The van der Waals surface area contributed by atoms with Gasteiger partial charge >= 0.3 is 0 Å². The van der Waals surface area contributed by atoms with Gasteiger partial charge in [0.1, 0.15) is 5.75 Å². The molecule has 0 saturated carbocycles. The molecule has 7 heteroatoms. The molecule has 1 aliphatic heterocycles. The van der Waals surface area contributed by atoms with Crippen molar-refractivity contribution < 1.29 is 14.3 Å². The first-order chi connectivity index (χ1) is 12.6. The number of aryl methyl sites for hydroxylation is 1. The smallest absolute Gasteiger partial charge is 0.255 e. The Morgan fingerprint density at radius 1 is 1.27 bits per heavy atom. The topological polar surface area (TPSA) is 90.5 Å². The van der Waals surface area contributed by atoms with Crippen molar-refractivity contribution in [1.29, 1.82) is 0 Å². The number of likely N-dealkylation sites (tertiary alicyclic amines) is 1. The zero-order valence-electron chi connectivity index (χ0n) is 14.7. The van der Waals surface area contributed by atoms with E-state index in [-0.39, 0.29) is 18.6 Å². The fourth-order valence-corrected chi connectivity index (χ4v) is 3.32. The number of primary amides is 1. The van der Waals surface area contributed by atoms with E-state index in [0.29, 0.717) is 11.3 Å². The van der Waals surface area contributed by atoms with Crippen molar-refractivity contribution in [2.45, 2.75) is 38.3 Å². The molecule has 2 heterocycles. The largest absolute Gasteiger partial charge is 0.484 e. The van der Waals surface area contributed by atoms with E-state index in [1.54, 1.807) is 30.5 Å². The number of nitrogens with zero attached hydrogens (tertiary/aromatic N) is 3. The molecule has 0 bridgehead atoms. The fourth-order valence-electron chi connectivity index (χ4n) is 3.32. The molecule has 1 atom stereocenters. The number of piperidine rings is 1. The van der Waals surface area contributed by atoms with E-state index in [9.17, 15) is 9.59 Å². The predicted octanol–water partition coefficient (Wildman–Crippen LogP) is 1.83. The third-order valence-electron chi connectivity index (χ3n) is 4.60. The highest BCUT2D eigenvalue weighted by molar-refractivity contribution is 5.95. The van der Waals surface area contributed by atoms with Gasteiger partial charge in [-0.1, -0.05) is 6.07 Å². The summed E-state index contributed by atoms with van der Waals surface area (Å²) in [6, 6.07) is 9.03. The van der Waals surface area contributed by atoms with E-state index in [1.807, 2.05) is 21.8 Å². The van der Waals surface area contributed by atoms with Crippen molar-refractivity contribution in [3.8, 4) is 5.75 Å². The Balaban J connectivity index is 1.67. The van der Waals surface area contributed by atoms with Gasteiger partial charge in [0.2, 0.25) is 0 Å². The van der Waals surface area contributed by atoms with Gasteiger partial charge in [-0.2, -0.15) is 5.10 Å². The Hall–Kier alpha value is -2.83. The molecule has 138 valence electrons. The SMILES string of the molecule is NC(=O)COc1cccc(C(=O)N2CCCC[C@@H]2CCn2cccn2)c1. The number of carbonyl (C=O) groups excluding carboxylic acids is 2. The molecule has 0 aliphatic carbocycles. The lowest BCUT2D eigenvalue weighted by atomic mass is 9.98. The average Bonchev–Trinajstić information content (AvgIpc) is 3.18. The van der Waals surface area contributed by atoms with Gasteiger partial charge in [-0.3, -0.25) is 14.3 Å². The van der Waals surface area contributed by atoms with E-state index in [4.69, 9.17) is 10.5 Å². The molecule has 0 spiro atoms. The minimum atomic E-state index is -0.545. The zero-order valence-corrected chi connectivity index (χ0v) is 14.7. The van der Waals surface area contributed by atoms with E-state index in [2.05, 4.69) is 5.10 Å². The number of hydrogen-bond donors (Lipinski definition) is 1.